The van der Waals surface area contributed by atoms with Crippen molar-refractivity contribution in [3.05, 3.63) is 71.5 Å². The quantitative estimate of drug-likeness (QED) is 0.719. The van der Waals surface area contributed by atoms with E-state index in [1.165, 1.54) is 34.9 Å². The Bertz CT molecular complexity index is 847. The van der Waals surface area contributed by atoms with Crippen LogP contribution in [-0.4, -0.2) is 29.0 Å². The van der Waals surface area contributed by atoms with Crippen LogP contribution in [0.1, 0.15) is 18.4 Å². The second kappa shape index (κ2) is 7.42. The minimum absolute atomic E-state index is 0.486. The second-order valence-electron chi connectivity index (χ2n) is 6.78. The number of fused-ring (bicyclic) bond motifs is 1. The van der Waals surface area contributed by atoms with Crippen molar-refractivity contribution in [1.29, 1.82) is 0 Å². The molecule has 0 aliphatic carbocycles. The minimum Gasteiger partial charge on any atom is -0.381 e. The molecule has 1 N–H and O–H groups in total. The molecule has 1 saturated heterocycles. The predicted octanol–water partition coefficient (Wildman–Crippen LogP) is 4.96. The highest BCUT2D eigenvalue weighted by Crippen LogP contribution is 2.22. The van der Waals surface area contributed by atoms with E-state index in [0.29, 0.717) is 6.04 Å². The first-order chi connectivity index (χ1) is 12.3. The highest BCUT2D eigenvalue weighted by molar-refractivity contribution is 6.30. The highest BCUT2D eigenvalue weighted by Gasteiger charge is 2.19. The molecular weight excluding hydrogens is 330 g/mol. The van der Waals surface area contributed by atoms with Crippen molar-refractivity contribution in [2.75, 3.05) is 18.4 Å². The molecule has 0 saturated carbocycles. The van der Waals surface area contributed by atoms with Crippen molar-refractivity contribution in [2.45, 2.75) is 25.4 Å². The average molecular weight is 352 g/mol. The molecule has 2 heterocycles. The van der Waals surface area contributed by atoms with Crippen molar-refractivity contribution >= 4 is 28.1 Å². The Kier molecular flexibility index (Phi) is 4.86. The van der Waals surface area contributed by atoms with E-state index in [9.17, 15) is 0 Å². The summed E-state index contributed by atoms with van der Waals surface area (Å²) < 4.78 is 0. The number of hydrogen-bond acceptors (Lipinski definition) is 3. The van der Waals surface area contributed by atoms with Crippen LogP contribution in [0.5, 0.6) is 0 Å². The van der Waals surface area contributed by atoms with Crippen LogP contribution >= 0.6 is 11.6 Å². The molecule has 0 spiro atoms. The van der Waals surface area contributed by atoms with Crippen molar-refractivity contribution in [3.8, 4) is 0 Å². The molecule has 0 unspecified atom stereocenters. The Hall–Kier alpha value is -2.10. The number of pyridine rings is 1. The molecule has 3 nitrogen and oxygen atoms in total. The first kappa shape index (κ1) is 16.4. The van der Waals surface area contributed by atoms with Gasteiger partial charge in [-0.15, -0.1) is 0 Å². The van der Waals surface area contributed by atoms with Crippen molar-refractivity contribution in [2.24, 2.45) is 0 Å². The molecule has 3 aromatic rings. The van der Waals surface area contributed by atoms with Gasteiger partial charge in [-0.05, 0) is 60.7 Å². The van der Waals surface area contributed by atoms with Gasteiger partial charge in [-0.1, -0.05) is 29.8 Å². The van der Waals surface area contributed by atoms with Crippen LogP contribution in [0.25, 0.3) is 10.8 Å². The van der Waals surface area contributed by atoms with Gasteiger partial charge < -0.3 is 5.32 Å². The fraction of sp³-hybridized carbons (Fsp3) is 0.286. The Morgan fingerprint density at radius 3 is 2.84 bits per heavy atom. The van der Waals surface area contributed by atoms with E-state index in [4.69, 9.17) is 11.6 Å². The number of nitrogens with one attached hydrogen (secondary N) is 1. The van der Waals surface area contributed by atoms with Gasteiger partial charge in [-0.3, -0.25) is 9.88 Å². The number of aromatic nitrogens is 1. The number of halogens is 1. The van der Waals surface area contributed by atoms with E-state index in [-0.39, 0.29) is 0 Å². The van der Waals surface area contributed by atoms with Crippen LogP contribution in [0.2, 0.25) is 5.02 Å². The molecule has 4 rings (SSSR count). The van der Waals surface area contributed by atoms with Gasteiger partial charge in [-0.25, -0.2) is 0 Å². The molecular formula is C21H22ClN3. The zero-order chi connectivity index (χ0) is 17.1. The highest BCUT2D eigenvalue weighted by atomic mass is 35.5. The smallest absolute Gasteiger partial charge is 0.0406 e. The third-order valence-electron chi connectivity index (χ3n) is 4.84. The predicted molar refractivity (Wildman–Crippen MR) is 105 cm³/mol. The molecule has 1 aliphatic rings. The average Bonchev–Trinajstić information content (AvgIpc) is 2.64. The van der Waals surface area contributed by atoms with E-state index < -0.39 is 0 Å². The largest absolute Gasteiger partial charge is 0.381 e. The summed E-state index contributed by atoms with van der Waals surface area (Å²) in [6, 6.07) is 17.2. The van der Waals surface area contributed by atoms with E-state index in [1.807, 2.05) is 24.5 Å². The number of nitrogens with zero attached hydrogens (tertiary/aromatic N) is 2. The second-order valence-corrected chi connectivity index (χ2v) is 7.22. The van der Waals surface area contributed by atoms with Gasteiger partial charge in [0, 0.05) is 47.6 Å². The van der Waals surface area contributed by atoms with Crippen LogP contribution < -0.4 is 5.32 Å². The van der Waals surface area contributed by atoms with Gasteiger partial charge in [0.05, 0.1) is 0 Å². The van der Waals surface area contributed by atoms with Crippen LogP contribution in [-0.2, 0) is 6.54 Å². The van der Waals surface area contributed by atoms with Gasteiger partial charge in [0.25, 0.3) is 0 Å². The first-order valence-corrected chi connectivity index (χ1v) is 9.21. The van der Waals surface area contributed by atoms with Gasteiger partial charge in [0.1, 0.15) is 0 Å². The molecule has 1 aliphatic heterocycles. The zero-order valence-corrected chi connectivity index (χ0v) is 14.9. The van der Waals surface area contributed by atoms with Crippen LogP contribution in [0.4, 0.5) is 5.69 Å². The molecule has 1 atom stereocenters. The Balaban J connectivity index is 1.41. The lowest BCUT2D eigenvalue weighted by atomic mass is 10.0. The fourth-order valence-corrected chi connectivity index (χ4v) is 3.70. The molecule has 1 aromatic heterocycles. The topological polar surface area (TPSA) is 28.2 Å². The lowest BCUT2D eigenvalue weighted by Gasteiger charge is -2.33. The van der Waals surface area contributed by atoms with Crippen LogP contribution in [0.15, 0.2) is 60.9 Å². The number of benzene rings is 2. The summed E-state index contributed by atoms with van der Waals surface area (Å²) in [6.45, 7) is 3.21. The maximum Gasteiger partial charge on any atom is 0.0406 e. The SMILES string of the molecule is Clc1ccc(CN2CCC[C@@H](Nc3ccc4cnccc4c3)C2)cc1. The van der Waals surface area contributed by atoms with Gasteiger partial charge >= 0.3 is 0 Å². The summed E-state index contributed by atoms with van der Waals surface area (Å²) >= 11 is 5.98. The molecule has 4 heteroatoms. The number of piperidine rings is 1. The lowest BCUT2D eigenvalue weighted by Crippen LogP contribution is -2.41. The maximum absolute atomic E-state index is 5.98. The van der Waals surface area contributed by atoms with Gasteiger partial charge in [-0.2, -0.15) is 0 Å². The molecule has 0 radical (unpaired) electrons. The summed E-state index contributed by atoms with van der Waals surface area (Å²) in [5.41, 5.74) is 2.51. The summed E-state index contributed by atoms with van der Waals surface area (Å²) in [7, 11) is 0. The minimum atomic E-state index is 0.486. The number of likely N-dealkylation sites (tertiary alicyclic amines) is 1. The van der Waals surface area contributed by atoms with Crippen molar-refractivity contribution < 1.29 is 0 Å². The first-order valence-electron chi connectivity index (χ1n) is 8.83. The van der Waals surface area contributed by atoms with Gasteiger partial charge in [0.2, 0.25) is 0 Å². The standard InChI is InChI=1S/C21H22ClN3/c22-19-6-3-16(4-7-19)14-25-11-1-2-21(15-25)24-20-8-5-18-13-23-10-9-17(18)12-20/h3-10,12-13,21,24H,1-2,11,14-15H2/t21-/m1/s1. The molecule has 25 heavy (non-hydrogen) atoms. The molecule has 0 bridgehead atoms. The van der Waals surface area contributed by atoms with E-state index in [1.54, 1.807) is 0 Å². The Morgan fingerprint density at radius 2 is 1.96 bits per heavy atom. The van der Waals surface area contributed by atoms with Crippen molar-refractivity contribution in [1.82, 2.24) is 9.88 Å². The lowest BCUT2D eigenvalue weighted by molar-refractivity contribution is 0.208. The third kappa shape index (κ3) is 4.12. The van der Waals surface area contributed by atoms with E-state index in [2.05, 4.69) is 51.6 Å². The van der Waals surface area contributed by atoms with Crippen LogP contribution in [0, 0.1) is 0 Å². The zero-order valence-electron chi connectivity index (χ0n) is 14.2. The molecule has 2 aromatic carbocycles. The van der Waals surface area contributed by atoms with Gasteiger partial charge in [0.15, 0.2) is 0 Å². The van der Waals surface area contributed by atoms with E-state index in [0.717, 1.165) is 24.7 Å². The summed E-state index contributed by atoms with van der Waals surface area (Å²) in [5, 5.41) is 6.93. The number of anilines is 1. The van der Waals surface area contributed by atoms with Crippen LogP contribution in [0.3, 0.4) is 0 Å². The molecule has 0 amide bonds. The van der Waals surface area contributed by atoms with E-state index >= 15 is 0 Å². The number of rotatable bonds is 4. The Morgan fingerprint density at radius 1 is 1.08 bits per heavy atom. The fourth-order valence-electron chi connectivity index (χ4n) is 3.57. The summed E-state index contributed by atoms with van der Waals surface area (Å²) in [6.07, 6.45) is 6.20. The normalized spacial score (nSPS) is 18.4. The van der Waals surface area contributed by atoms with Crippen molar-refractivity contribution in [3.63, 3.8) is 0 Å². The number of hydrogen-bond donors (Lipinski definition) is 1. The monoisotopic (exact) mass is 351 g/mol. The summed E-state index contributed by atoms with van der Waals surface area (Å²) in [4.78, 5) is 6.70. The molecule has 1 fully saturated rings. The Labute approximate surface area is 153 Å². The molecule has 128 valence electrons. The maximum atomic E-state index is 5.98. The summed E-state index contributed by atoms with van der Waals surface area (Å²) in [5.74, 6) is 0. The third-order valence-corrected chi connectivity index (χ3v) is 5.09.